The molecule has 0 aromatic carbocycles. The fourth-order valence-corrected chi connectivity index (χ4v) is 4.30. The minimum Gasteiger partial charge on any atom is -0.454 e. The third-order valence-corrected chi connectivity index (χ3v) is 6.36. The van der Waals surface area contributed by atoms with Crippen molar-refractivity contribution in [3.8, 4) is 0 Å². The van der Waals surface area contributed by atoms with Crippen LogP contribution in [0.2, 0.25) is 0 Å². The zero-order valence-corrected chi connectivity index (χ0v) is 17.7. The maximum atomic E-state index is 13.0. The molecule has 0 saturated carbocycles. The summed E-state index contributed by atoms with van der Waals surface area (Å²) in [4.78, 5) is 28.2. The van der Waals surface area contributed by atoms with Crippen LogP contribution in [0.5, 0.6) is 0 Å². The van der Waals surface area contributed by atoms with Crippen molar-refractivity contribution in [3.63, 3.8) is 0 Å². The second-order valence-electron chi connectivity index (χ2n) is 8.16. The number of piperidine rings is 1. The van der Waals surface area contributed by atoms with Gasteiger partial charge in [-0.25, -0.2) is 9.97 Å². The lowest BCUT2D eigenvalue weighted by atomic mass is 10.1. The van der Waals surface area contributed by atoms with Crippen LogP contribution in [0.3, 0.4) is 0 Å². The maximum Gasteiger partial charge on any atom is 0.289 e. The Bertz CT molecular complexity index is 851. The normalized spacial score (nSPS) is 19.4. The number of rotatable bonds is 4. The molecule has 0 aliphatic carbocycles. The molecule has 2 aromatic rings. The van der Waals surface area contributed by atoms with Crippen LogP contribution in [0.1, 0.15) is 59.8 Å². The van der Waals surface area contributed by atoms with Gasteiger partial charge in [0, 0.05) is 37.4 Å². The zero-order chi connectivity index (χ0) is 20.4. The Balaban J connectivity index is 1.37. The van der Waals surface area contributed by atoms with Crippen LogP contribution < -0.4 is 4.90 Å². The van der Waals surface area contributed by atoms with Crippen molar-refractivity contribution < 1.29 is 9.21 Å². The first-order valence-corrected chi connectivity index (χ1v) is 10.7. The highest BCUT2D eigenvalue weighted by Crippen LogP contribution is 2.26. The van der Waals surface area contributed by atoms with Gasteiger partial charge < -0.3 is 14.2 Å². The summed E-state index contributed by atoms with van der Waals surface area (Å²) in [5, 5.41) is 0. The van der Waals surface area contributed by atoms with E-state index in [9.17, 15) is 4.79 Å². The van der Waals surface area contributed by atoms with E-state index in [4.69, 9.17) is 4.42 Å². The fraction of sp³-hybridized carbons (Fsp3) is 0.591. The predicted molar refractivity (Wildman–Crippen MR) is 112 cm³/mol. The average Bonchev–Trinajstić information content (AvgIpc) is 3.26. The van der Waals surface area contributed by atoms with Gasteiger partial charge in [-0.05, 0) is 58.8 Å². The van der Waals surface area contributed by atoms with Crippen molar-refractivity contribution in [1.29, 1.82) is 0 Å². The molecule has 7 nitrogen and oxygen atoms in total. The molecule has 0 bridgehead atoms. The lowest BCUT2D eigenvalue weighted by molar-refractivity contribution is 0.0706. The van der Waals surface area contributed by atoms with E-state index in [2.05, 4.69) is 33.6 Å². The smallest absolute Gasteiger partial charge is 0.289 e. The molecule has 1 amide bonds. The van der Waals surface area contributed by atoms with Gasteiger partial charge >= 0.3 is 0 Å². The Kier molecular flexibility index (Phi) is 5.85. The fourth-order valence-electron chi connectivity index (χ4n) is 4.30. The molecular formula is C22H31N5O2. The van der Waals surface area contributed by atoms with Crippen LogP contribution >= 0.6 is 0 Å². The van der Waals surface area contributed by atoms with Gasteiger partial charge in [-0.3, -0.25) is 9.69 Å². The molecule has 0 N–H and O–H groups in total. The summed E-state index contributed by atoms with van der Waals surface area (Å²) in [6, 6.07) is 4.02. The minimum absolute atomic E-state index is 0.0164. The molecule has 4 heterocycles. The second-order valence-corrected chi connectivity index (χ2v) is 8.16. The Morgan fingerprint density at radius 2 is 1.72 bits per heavy atom. The van der Waals surface area contributed by atoms with Crippen molar-refractivity contribution in [2.45, 2.75) is 46.1 Å². The zero-order valence-electron chi connectivity index (χ0n) is 17.7. The first kappa shape index (κ1) is 19.9. The van der Waals surface area contributed by atoms with E-state index in [0.29, 0.717) is 18.8 Å². The molecule has 2 aromatic heterocycles. The minimum atomic E-state index is -0.0164. The first-order valence-electron chi connectivity index (χ1n) is 10.7. The van der Waals surface area contributed by atoms with Gasteiger partial charge in [0.2, 0.25) is 0 Å². The van der Waals surface area contributed by atoms with Crippen LogP contribution in [0.15, 0.2) is 22.9 Å². The van der Waals surface area contributed by atoms with Gasteiger partial charge in [0.05, 0.1) is 6.04 Å². The van der Waals surface area contributed by atoms with E-state index in [1.165, 1.54) is 19.3 Å². The SMILES string of the molecule is Cc1ncnc(N2CCN(C(=O)c3ccc(C(C)N4CCCCC4)o3)CC2)c1C. The molecular weight excluding hydrogens is 366 g/mol. The van der Waals surface area contributed by atoms with Crippen molar-refractivity contribution in [1.82, 2.24) is 19.8 Å². The number of hydrogen-bond acceptors (Lipinski definition) is 6. The van der Waals surface area contributed by atoms with Crippen molar-refractivity contribution in [2.75, 3.05) is 44.2 Å². The molecule has 2 fully saturated rings. The van der Waals surface area contributed by atoms with Gasteiger partial charge in [-0.1, -0.05) is 6.42 Å². The summed E-state index contributed by atoms with van der Waals surface area (Å²) in [5.41, 5.74) is 2.11. The molecule has 2 aliphatic heterocycles. The number of amides is 1. The largest absolute Gasteiger partial charge is 0.454 e. The van der Waals surface area contributed by atoms with Crippen molar-refractivity contribution in [3.05, 3.63) is 41.2 Å². The standard InChI is InChI=1S/C22H31N5O2/c1-16-17(2)23-15-24-21(16)26-11-13-27(14-12-26)22(28)20-8-7-19(29-20)18(3)25-9-5-4-6-10-25/h7-8,15,18H,4-6,9-14H2,1-3H3. The third-order valence-electron chi connectivity index (χ3n) is 6.36. The number of carbonyl (C=O) groups excluding carboxylic acids is 1. The molecule has 1 atom stereocenters. The second kappa shape index (κ2) is 8.53. The number of anilines is 1. The van der Waals surface area contributed by atoms with E-state index >= 15 is 0 Å². The molecule has 2 saturated heterocycles. The van der Waals surface area contributed by atoms with Gasteiger partial charge in [0.1, 0.15) is 17.9 Å². The number of hydrogen-bond donors (Lipinski definition) is 0. The number of nitrogens with zero attached hydrogens (tertiary/aromatic N) is 5. The molecule has 29 heavy (non-hydrogen) atoms. The number of aryl methyl sites for hydroxylation is 1. The number of carbonyl (C=O) groups is 1. The summed E-state index contributed by atoms with van der Waals surface area (Å²) in [7, 11) is 0. The summed E-state index contributed by atoms with van der Waals surface area (Å²) < 4.78 is 5.99. The molecule has 0 radical (unpaired) electrons. The quantitative estimate of drug-likeness (QED) is 0.789. The van der Waals surface area contributed by atoms with Crippen LogP contribution in [0, 0.1) is 13.8 Å². The van der Waals surface area contributed by atoms with Crippen LogP contribution in [0.4, 0.5) is 5.82 Å². The number of aromatic nitrogens is 2. The van der Waals surface area contributed by atoms with Crippen molar-refractivity contribution >= 4 is 11.7 Å². The summed E-state index contributed by atoms with van der Waals surface area (Å²) in [6.07, 6.45) is 5.41. The highest BCUT2D eigenvalue weighted by atomic mass is 16.4. The lowest BCUT2D eigenvalue weighted by Crippen LogP contribution is -2.49. The number of piperazine rings is 1. The van der Waals surface area contributed by atoms with E-state index in [1.54, 1.807) is 6.33 Å². The molecule has 1 unspecified atom stereocenters. The van der Waals surface area contributed by atoms with Crippen LogP contribution in [-0.4, -0.2) is 64.9 Å². The van der Waals surface area contributed by atoms with Gasteiger partial charge in [-0.2, -0.15) is 0 Å². The Morgan fingerprint density at radius 1 is 1.00 bits per heavy atom. The van der Waals surface area contributed by atoms with E-state index in [0.717, 1.165) is 49.0 Å². The van der Waals surface area contributed by atoms with E-state index in [1.807, 2.05) is 24.0 Å². The van der Waals surface area contributed by atoms with E-state index < -0.39 is 0 Å². The topological polar surface area (TPSA) is 65.7 Å². The van der Waals surface area contributed by atoms with E-state index in [-0.39, 0.29) is 11.9 Å². The Morgan fingerprint density at radius 3 is 2.45 bits per heavy atom. The molecule has 7 heteroatoms. The molecule has 0 spiro atoms. The summed E-state index contributed by atoms with van der Waals surface area (Å²) >= 11 is 0. The summed E-state index contributed by atoms with van der Waals surface area (Å²) in [5.74, 6) is 2.30. The first-order chi connectivity index (χ1) is 14.0. The third kappa shape index (κ3) is 4.15. The van der Waals surface area contributed by atoms with Crippen LogP contribution in [0.25, 0.3) is 0 Å². The highest BCUT2D eigenvalue weighted by Gasteiger charge is 2.27. The number of furan rings is 1. The molecule has 2 aliphatic rings. The van der Waals surface area contributed by atoms with Crippen LogP contribution in [-0.2, 0) is 0 Å². The highest BCUT2D eigenvalue weighted by molar-refractivity contribution is 5.91. The Hall–Kier alpha value is -2.41. The Labute approximate surface area is 172 Å². The van der Waals surface area contributed by atoms with Gasteiger partial charge in [0.25, 0.3) is 5.91 Å². The average molecular weight is 398 g/mol. The van der Waals surface area contributed by atoms with Gasteiger partial charge in [-0.15, -0.1) is 0 Å². The van der Waals surface area contributed by atoms with Crippen molar-refractivity contribution in [2.24, 2.45) is 0 Å². The molecule has 4 rings (SSSR count). The summed E-state index contributed by atoms with van der Waals surface area (Å²) in [6.45, 7) is 11.3. The maximum absolute atomic E-state index is 13.0. The predicted octanol–water partition coefficient (Wildman–Crippen LogP) is 3.20. The molecule has 156 valence electrons. The lowest BCUT2D eigenvalue weighted by Gasteiger charge is -2.35. The van der Waals surface area contributed by atoms with Gasteiger partial charge in [0.15, 0.2) is 5.76 Å². The monoisotopic (exact) mass is 397 g/mol. The number of likely N-dealkylation sites (tertiary alicyclic amines) is 1.